The van der Waals surface area contributed by atoms with Crippen LogP contribution in [0.1, 0.15) is 20.9 Å². The number of anilines is 6. The number of carboxylic acids is 1. The van der Waals surface area contributed by atoms with Crippen molar-refractivity contribution in [3.8, 4) is 49.9 Å². The molecule has 11 heteroatoms. The van der Waals surface area contributed by atoms with Crippen LogP contribution in [0, 0.1) is 11.3 Å². The summed E-state index contributed by atoms with van der Waals surface area (Å²) in [4.78, 5) is 19.8. The molecule has 65 heavy (non-hydrogen) atoms. The number of aliphatic carboxylic acids is 1. The van der Waals surface area contributed by atoms with E-state index in [1.807, 2.05) is 60.7 Å². The quantitative estimate of drug-likeness (QED) is 0.0844. The second-order valence-electron chi connectivity index (χ2n) is 14.9. The van der Waals surface area contributed by atoms with Crippen LogP contribution in [0.2, 0.25) is 0 Å². The van der Waals surface area contributed by atoms with E-state index in [2.05, 4.69) is 113 Å². The summed E-state index contributed by atoms with van der Waals surface area (Å²) in [6.07, 6.45) is 3.66. The van der Waals surface area contributed by atoms with Crippen molar-refractivity contribution < 1.29 is 28.8 Å². The van der Waals surface area contributed by atoms with Gasteiger partial charge in [-0.15, -0.1) is 22.7 Å². The van der Waals surface area contributed by atoms with Crippen LogP contribution < -0.4 is 28.7 Å². The first-order chi connectivity index (χ1) is 31.8. The molecule has 1 N–H and O–H groups in total. The summed E-state index contributed by atoms with van der Waals surface area (Å²) in [6, 6.07) is 55.3. The molecule has 2 aromatic heterocycles. The fraction of sp³-hybridized carbons (Fsp3) is 0.0741. The van der Waals surface area contributed by atoms with E-state index in [1.54, 1.807) is 45.8 Å². The second-order valence-corrected chi connectivity index (χ2v) is 17.1. The highest BCUT2D eigenvalue weighted by molar-refractivity contribution is 7.23. The van der Waals surface area contributed by atoms with Crippen LogP contribution in [0.4, 0.5) is 34.1 Å². The van der Waals surface area contributed by atoms with E-state index in [4.69, 9.17) is 18.9 Å². The summed E-state index contributed by atoms with van der Waals surface area (Å²) < 4.78 is 22.1. The fourth-order valence-electron chi connectivity index (χ4n) is 7.93. The number of hydrogen-bond donors (Lipinski definition) is 1. The average molecular weight is 892 g/mol. The van der Waals surface area contributed by atoms with Crippen LogP contribution in [0.15, 0.2) is 163 Å². The van der Waals surface area contributed by atoms with Gasteiger partial charge in [0.25, 0.3) is 0 Å². The maximum absolute atomic E-state index is 11.5. The number of benzene rings is 6. The Labute approximate surface area is 385 Å². The lowest BCUT2D eigenvalue weighted by molar-refractivity contribution is -0.132. The van der Waals surface area contributed by atoms with E-state index in [-0.39, 0.29) is 5.57 Å². The number of ether oxygens (including phenoxy) is 4. The molecular weight excluding hydrogens is 851 g/mol. The van der Waals surface area contributed by atoms with Crippen LogP contribution in [0.5, 0.6) is 23.0 Å². The monoisotopic (exact) mass is 891 g/mol. The minimum Gasteiger partial charge on any atom is -0.497 e. The molecule has 9 rings (SSSR count). The van der Waals surface area contributed by atoms with Crippen molar-refractivity contribution in [1.29, 1.82) is 5.26 Å². The van der Waals surface area contributed by atoms with Crippen molar-refractivity contribution >= 4 is 80.5 Å². The standard InChI is InChI=1S/C54H41N3O6S2/c1-60-41-15-5-35(6-16-41)56(36-7-17-42(61-2)18-8-36)39-13-25-47-49(30-39)50-31-40(57(37-9-19-43(62-3)20-10-37)38-11-21-44(63-4)22-12-38)14-26-48(50)51(47)32-46-24-28-53(65-46)52-27-23-45(64-52)29-34(33-55)54(58)59/h5-32H,1-4H3,(H,58,59)/b34-29-. The van der Waals surface area contributed by atoms with Gasteiger partial charge in [0, 0.05) is 53.6 Å². The summed E-state index contributed by atoms with van der Waals surface area (Å²) in [5.74, 6) is 1.84. The number of hydrogen-bond acceptors (Lipinski definition) is 10. The van der Waals surface area contributed by atoms with Gasteiger partial charge in [-0.05, 0) is 186 Å². The molecule has 6 aromatic carbocycles. The second kappa shape index (κ2) is 18.4. The first kappa shape index (κ1) is 42.3. The van der Waals surface area contributed by atoms with Crippen molar-refractivity contribution in [2.75, 3.05) is 38.2 Å². The van der Waals surface area contributed by atoms with Gasteiger partial charge in [0.05, 0.1) is 28.4 Å². The smallest absolute Gasteiger partial charge is 0.346 e. The van der Waals surface area contributed by atoms with Crippen molar-refractivity contribution in [2.24, 2.45) is 0 Å². The summed E-state index contributed by atoms with van der Waals surface area (Å²) in [7, 11) is 6.67. The largest absolute Gasteiger partial charge is 0.497 e. The van der Waals surface area contributed by atoms with E-state index in [0.29, 0.717) is 4.88 Å². The van der Waals surface area contributed by atoms with Gasteiger partial charge in [0.2, 0.25) is 0 Å². The number of carboxylic acid groups (broad SMARTS) is 1. The predicted molar refractivity (Wildman–Crippen MR) is 263 cm³/mol. The highest BCUT2D eigenvalue weighted by Crippen LogP contribution is 2.51. The number of carbonyl (C=O) groups is 1. The van der Waals surface area contributed by atoms with Gasteiger partial charge in [-0.3, -0.25) is 0 Å². The third-order valence-corrected chi connectivity index (χ3v) is 13.4. The molecule has 2 heterocycles. The molecule has 0 saturated carbocycles. The molecule has 0 bridgehead atoms. The van der Waals surface area contributed by atoms with Crippen molar-refractivity contribution in [2.45, 2.75) is 0 Å². The van der Waals surface area contributed by atoms with E-state index >= 15 is 0 Å². The number of fused-ring (bicyclic) bond motifs is 3. The van der Waals surface area contributed by atoms with Gasteiger partial charge in [-0.1, -0.05) is 12.1 Å². The van der Waals surface area contributed by atoms with Crippen LogP contribution in [-0.2, 0) is 4.79 Å². The molecule has 0 atom stereocenters. The molecule has 0 unspecified atom stereocenters. The zero-order valence-corrected chi connectivity index (χ0v) is 37.4. The summed E-state index contributed by atoms with van der Waals surface area (Å²) >= 11 is 3.11. The van der Waals surface area contributed by atoms with Crippen molar-refractivity contribution in [3.05, 3.63) is 184 Å². The van der Waals surface area contributed by atoms with E-state index in [1.165, 1.54) is 17.4 Å². The number of rotatable bonds is 14. The number of methoxy groups -OCH3 is 4. The summed E-state index contributed by atoms with van der Waals surface area (Å²) in [6.45, 7) is 0. The maximum atomic E-state index is 11.5. The molecule has 0 radical (unpaired) electrons. The molecule has 0 spiro atoms. The van der Waals surface area contributed by atoms with Crippen LogP contribution in [0.25, 0.3) is 38.6 Å². The van der Waals surface area contributed by atoms with Crippen LogP contribution in [0.3, 0.4) is 0 Å². The van der Waals surface area contributed by atoms with Gasteiger partial charge >= 0.3 is 5.97 Å². The van der Waals surface area contributed by atoms with Crippen molar-refractivity contribution in [3.63, 3.8) is 0 Å². The summed E-state index contributed by atoms with van der Waals surface area (Å²) in [5.41, 5.74) is 11.0. The van der Waals surface area contributed by atoms with Gasteiger partial charge < -0.3 is 33.9 Å². The first-order valence-corrected chi connectivity index (χ1v) is 22.1. The van der Waals surface area contributed by atoms with Gasteiger partial charge in [0.15, 0.2) is 0 Å². The topological polar surface area (TPSA) is 104 Å². The SMILES string of the molecule is COc1ccc(N(c2ccc(OC)cc2)c2ccc3c(c2)-c2cc(N(c4ccc(OC)cc4)c4ccc(OC)cc4)ccc2C3=Cc2ccc(-c3ccc(/C=C(/C#N)C(=O)O)s3)s2)cc1. The Bertz CT molecular complexity index is 2880. The Morgan fingerprint density at radius 1 is 0.492 bits per heavy atom. The molecule has 0 fully saturated rings. The van der Waals surface area contributed by atoms with E-state index < -0.39 is 5.97 Å². The highest BCUT2D eigenvalue weighted by Gasteiger charge is 2.28. The Morgan fingerprint density at radius 3 is 1.20 bits per heavy atom. The number of nitriles is 1. The fourth-order valence-corrected chi connectivity index (χ4v) is 9.92. The Kier molecular flexibility index (Phi) is 11.9. The van der Waals surface area contributed by atoms with Crippen LogP contribution in [-0.4, -0.2) is 39.5 Å². The Morgan fingerprint density at radius 2 is 0.846 bits per heavy atom. The molecule has 1 aliphatic rings. The molecule has 0 amide bonds. The van der Waals surface area contributed by atoms with Gasteiger partial charge in [-0.2, -0.15) is 5.26 Å². The lowest BCUT2D eigenvalue weighted by atomic mass is 10.0. The highest BCUT2D eigenvalue weighted by atomic mass is 32.1. The molecule has 0 saturated heterocycles. The third-order valence-electron chi connectivity index (χ3n) is 11.1. The molecule has 8 aromatic rings. The number of nitrogens with zero attached hydrogens (tertiary/aromatic N) is 3. The molecular formula is C54H41N3O6S2. The molecule has 1 aliphatic carbocycles. The minimum atomic E-state index is -1.24. The van der Waals surface area contributed by atoms with E-state index in [9.17, 15) is 15.2 Å². The van der Waals surface area contributed by atoms with Gasteiger partial charge in [0.1, 0.15) is 34.6 Å². The van der Waals surface area contributed by atoms with E-state index in [0.717, 1.165) is 99.6 Å². The lowest BCUT2D eigenvalue weighted by Crippen LogP contribution is -2.10. The average Bonchev–Trinajstić information content (AvgIpc) is 4.10. The van der Waals surface area contributed by atoms with Gasteiger partial charge in [-0.25, -0.2) is 4.79 Å². The third kappa shape index (κ3) is 8.56. The normalized spacial score (nSPS) is 11.6. The number of thiophene rings is 2. The Hall–Kier alpha value is -8.04. The molecule has 9 nitrogen and oxygen atoms in total. The molecule has 320 valence electrons. The molecule has 0 aliphatic heterocycles. The van der Waals surface area contributed by atoms with Crippen LogP contribution >= 0.6 is 22.7 Å². The maximum Gasteiger partial charge on any atom is 0.346 e. The first-order valence-electron chi connectivity index (χ1n) is 20.5. The summed E-state index contributed by atoms with van der Waals surface area (Å²) in [5, 5.41) is 18.7. The van der Waals surface area contributed by atoms with Crippen molar-refractivity contribution in [1.82, 2.24) is 0 Å². The zero-order valence-electron chi connectivity index (χ0n) is 35.8. The zero-order chi connectivity index (χ0) is 45.0. The minimum absolute atomic E-state index is 0.299. The Balaban J connectivity index is 1.19. The lowest BCUT2D eigenvalue weighted by Gasteiger charge is -2.27. The predicted octanol–water partition coefficient (Wildman–Crippen LogP) is 14.0.